The first-order chi connectivity index (χ1) is 9.60. The number of rotatable bonds is 6. The molecule has 1 aromatic heterocycles. The number of aromatic nitrogens is 1. The van der Waals surface area contributed by atoms with E-state index < -0.39 is 0 Å². The minimum absolute atomic E-state index is 0.0613. The summed E-state index contributed by atoms with van der Waals surface area (Å²) in [7, 11) is 0. The zero-order chi connectivity index (χ0) is 14.5. The fraction of sp³-hybridized carbons (Fsp3) is 0.357. The van der Waals surface area contributed by atoms with E-state index in [2.05, 4.69) is 4.98 Å². The fourth-order valence-electron chi connectivity index (χ4n) is 1.81. The van der Waals surface area contributed by atoms with Gasteiger partial charge in [0, 0.05) is 16.4 Å². The highest BCUT2D eigenvalue weighted by atomic mass is 35.5. The standard InChI is InChI=1S/C14H16Cl2N2OS/c1-2-11(17)4-9-3-10(15)5-13(16)14(9)19-6-12-7-20-8-18-12/h3,5,7-8,11H,2,4,6,17H2,1H3. The Morgan fingerprint density at radius 3 is 2.85 bits per heavy atom. The van der Waals surface area contributed by atoms with Gasteiger partial charge >= 0.3 is 0 Å². The Kier molecular flexibility index (Phi) is 5.66. The maximum absolute atomic E-state index is 6.23. The smallest absolute Gasteiger partial charge is 0.141 e. The largest absolute Gasteiger partial charge is 0.485 e. The summed E-state index contributed by atoms with van der Waals surface area (Å²) in [5.74, 6) is 0.646. The first kappa shape index (κ1) is 15.6. The predicted octanol–water partition coefficient (Wildman–Crippen LogP) is 4.31. The van der Waals surface area contributed by atoms with Crippen LogP contribution in [0.3, 0.4) is 0 Å². The predicted molar refractivity (Wildman–Crippen MR) is 84.9 cm³/mol. The van der Waals surface area contributed by atoms with E-state index in [4.69, 9.17) is 33.7 Å². The lowest BCUT2D eigenvalue weighted by atomic mass is 10.0. The first-order valence-corrected chi connectivity index (χ1v) is 8.03. The summed E-state index contributed by atoms with van der Waals surface area (Å²) >= 11 is 13.8. The quantitative estimate of drug-likeness (QED) is 0.858. The molecule has 2 aromatic rings. The van der Waals surface area contributed by atoms with Crippen molar-refractivity contribution in [3.8, 4) is 5.75 Å². The molecule has 0 fully saturated rings. The van der Waals surface area contributed by atoms with Crippen LogP contribution in [0.1, 0.15) is 24.6 Å². The molecule has 0 spiro atoms. The second-order valence-electron chi connectivity index (χ2n) is 4.52. The van der Waals surface area contributed by atoms with Gasteiger partial charge in [-0.15, -0.1) is 11.3 Å². The highest BCUT2D eigenvalue weighted by Gasteiger charge is 2.14. The van der Waals surface area contributed by atoms with Crippen LogP contribution < -0.4 is 10.5 Å². The maximum Gasteiger partial charge on any atom is 0.141 e. The molecule has 0 aliphatic carbocycles. The molecule has 0 saturated heterocycles. The van der Waals surface area contributed by atoms with Gasteiger partial charge < -0.3 is 10.5 Å². The molecule has 1 unspecified atom stereocenters. The van der Waals surface area contributed by atoms with Crippen molar-refractivity contribution in [3.05, 3.63) is 44.3 Å². The second-order valence-corrected chi connectivity index (χ2v) is 6.08. The van der Waals surface area contributed by atoms with Crippen LogP contribution in [0.15, 0.2) is 23.0 Å². The fourth-order valence-corrected chi connectivity index (χ4v) is 2.94. The molecule has 20 heavy (non-hydrogen) atoms. The third kappa shape index (κ3) is 4.09. The molecule has 2 rings (SSSR count). The monoisotopic (exact) mass is 330 g/mol. The van der Waals surface area contributed by atoms with E-state index >= 15 is 0 Å². The summed E-state index contributed by atoms with van der Waals surface area (Å²) in [6, 6.07) is 3.60. The van der Waals surface area contributed by atoms with Crippen molar-refractivity contribution in [1.82, 2.24) is 4.98 Å². The number of nitrogens with zero attached hydrogens (tertiary/aromatic N) is 1. The van der Waals surface area contributed by atoms with Crippen molar-refractivity contribution in [2.45, 2.75) is 32.4 Å². The summed E-state index contributed by atoms with van der Waals surface area (Å²) in [6.07, 6.45) is 1.57. The van der Waals surface area contributed by atoms with Gasteiger partial charge in [0.1, 0.15) is 12.4 Å². The van der Waals surface area contributed by atoms with Gasteiger partial charge in [0.05, 0.1) is 16.2 Å². The number of halogens is 2. The molecule has 6 heteroatoms. The molecular weight excluding hydrogens is 315 g/mol. The van der Waals surface area contributed by atoms with Gasteiger partial charge in [-0.3, -0.25) is 0 Å². The summed E-state index contributed by atoms with van der Waals surface area (Å²) < 4.78 is 5.81. The number of hydrogen-bond donors (Lipinski definition) is 1. The van der Waals surface area contributed by atoms with Gasteiger partial charge in [-0.25, -0.2) is 4.98 Å². The molecule has 1 heterocycles. The lowest BCUT2D eigenvalue weighted by molar-refractivity contribution is 0.298. The minimum atomic E-state index is 0.0613. The molecule has 0 aliphatic heterocycles. The molecule has 0 aliphatic rings. The van der Waals surface area contributed by atoms with E-state index in [-0.39, 0.29) is 6.04 Å². The van der Waals surface area contributed by atoms with Crippen molar-refractivity contribution in [3.63, 3.8) is 0 Å². The van der Waals surface area contributed by atoms with Crippen molar-refractivity contribution < 1.29 is 4.74 Å². The van der Waals surface area contributed by atoms with Crippen molar-refractivity contribution >= 4 is 34.5 Å². The van der Waals surface area contributed by atoms with Crippen LogP contribution in [0.4, 0.5) is 0 Å². The Bertz CT molecular complexity index is 561. The topological polar surface area (TPSA) is 48.1 Å². The van der Waals surface area contributed by atoms with Crippen LogP contribution in [0.2, 0.25) is 10.0 Å². The van der Waals surface area contributed by atoms with Crippen LogP contribution in [-0.2, 0) is 13.0 Å². The van der Waals surface area contributed by atoms with E-state index in [1.807, 2.05) is 18.4 Å². The molecular formula is C14H16Cl2N2OS. The van der Waals surface area contributed by atoms with E-state index in [1.54, 1.807) is 11.6 Å². The van der Waals surface area contributed by atoms with E-state index in [0.717, 1.165) is 17.7 Å². The van der Waals surface area contributed by atoms with Crippen molar-refractivity contribution in [2.75, 3.05) is 0 Å². The normalized spacial score (nSPS) is 12.4. The number of thiazole rings is 1. The molecule has 0 saturated carbocycles. The summed E-state index contributed by atoms with van der Waals surface area (Å²) in [5, 5.41) is 3.04. The molecule has 0 radical (unpaired) electrons. The third-order valence-corrected chi connectivity index (χ3v) is 4.07. The van der Waals surface area contributed by atoms with Crippen LogP contribution in [0, 0.1) is 0 Å². The highest BCUT2D eigenvalue weighted by Crippen LogP contribution is 2.34. The average molecular weight is 331 g/mol. The summed E-state index contributed by atoms with van der Waals surface area (Å²) in [5.41, 5.74) is 9.60. The number of hydrogen-bond acceptors (Lipinski definition) is 4. The van der Waals surface area contributed by atoms with Crippen molar-refractivity contribution in [2.24, 2.45) is 5.73 Å². The van der Waals surface area contributed by atoms with Gasteiger partial charge in [-0.2, -0.15) is 0 Å². The zero-order valence-electron chi connectivity index (χ0n) is 11.1. The Hall–Kier alpha value is -0.810. The molecule has 0 bridgehead atoms. The maximum atomic E-state index is 6.23. The highest BCUT2D eigenvalue weighted by molar-refractivity contribution is 7.07. The van der Waals surface area contributed by atoms with E-state index in [0.29, 0.717) is 28.8 Å². The van der Waals surface area contributed by atoms with E-state index in [1.165, 1.54) is 11.3 Å². The molecule has 0 amide bonds. The Morgan fingerprint density at radius 1 is 1.40 bits per heavy atom. The molecule has 3 nitrogen and oxygen atoms in total. The number of nitrogens with two attached hydrogens (primary N) is 1. The van der Waals surface area contributed by atoms with Gasteiger partial charge in [0.2, 0.25) is 0 Å². The SMILES string of the molecule is CCC(N)Cc1cc(Cl)cc(Cl)c1OCc1cscn1. The average Bonchev–Trinajstić information content (AvgIpc) is 2.90. The lowest BCUT2D eigenvalue weighted by Gasteiger charge is -2.16. The zero-order valence-corrected chi connectivity index (χ0v) is 13.4. The Morgan fingerprint density at radius 2 is 2.20 bits per heavy atom. The third-order valence-electron chi connectivity index (χ3n) is 2.94. The molecule has 108 valence electrons. The first-order valence-electron chi connectivity index (χ1n) is 6.33. The Balaban J connectivity index is 2.20. The number of ether oxygens (including phenoxy) is 1. The molecule has 2 N–H and O–H groups in total. The van der Waals surface area contributed by atoms with Gasteiger partial charge in [-0.1, -0.05) is 30.1 Å². The van der Waals surface area contributed by atoms with Gasteiger partial charge in [-0.05, 0) is 30.5 Å². The minimum Gasteiger partial charge on any atom is -0.485 e. The van der Waals surface area contributed by atoms with Gasteiger partial charge in [0.15, 0.2) is 0 Å². The number of benzene rings is 1. The second kappa shape index (κ2) is 7.27. The van der Waals surface area contributed by atoms with Crippen LogP contribution in [-0.4, -0.2) is 11.0 Å². The van der Waals surface area contributed by atoms with E-state index in [9.17, 15) is 0 Å². The van der Waals surface area contributed by atoms with Crippen LogP contribution in [0.5, 0.6) is 5.75 Å². The summed E-state index contributed by atoms with van der Waals surface area (Å²) in [6.45, 7) is 2.44. The molecule has 1 aromatic carbocycles. The molecule has 1 atom stereocenters. The van der Waals surface area contributed by atoms with Gasteiger partial charge in [0.25, 0.3) is 0 Å². The Labute approximate surface area is 132 Å². The van der Waals surface area contributed by atoms with Crippen LogP contribution in [0.25, 0.3) is 0 Å². The summed E-state index contributed by atoms with van der Waals surface area (Å²) in [4.78, 5) is 4.18. The lowest BCUT2D eigenvalue weighted by Crippen LogP contribution is -2.21. The van der Waals surface area contributed by atoms with Crippen molar-refractivity contribution in [1.29, 1.82) is 0 Å². The van der Waals surface area contributed by atoms with Crippen LogP contribution >= 0.6 is 34.5 Å².